The molecule has 0 radical (unpaired) electrons. The summed E-state index contributed by atoms with van der Waals surface area (Å²) in [6, 6.07) is 16.8. The van der Waals surface area contributed by atoms with Crippen LogP contribution in [0.3, 0.4) is 0 Å². The molecular weight excluding hydrogens is 320 g/mol. The predicted molar refractivity (Wildman–Crippen MR) is 82.4 cm³/mol. The molecule has 20 heavy (non-hydrogen) atoms. The summed E-state index contributed by atoms with van der Waals surface area (Å²) in [5.74, 6) is 0.554. The van der Waals surface area contributed by atoms with Gasteiger partial charge in [0.05, 0.1) is 0 Å². The van der Waals surface area contributed by atoms with E-state index in [4.69, 9.17) is 9.84 Å². The molecule has 0 unspecified atom stereocenters. The van der Waals surface area contributed by atoms with Crippen LogP contribution in [0.2, 0.25) is 0 Å². The Hall–Kier alpha value is -2.07. The first kappa shape index (κ1) is 14.3. The van der Waals surface area contributed by atoms with Crippen LogP contribution in [0.5, 0.6) is 11.5 Å². The molecule has 0 amide bonds. The molecule has 102 valence electrons. The number of para-hydroxylation sites is 1. The summed E-state index contributed by atoms with van der Waals surface area (Å²) in [6.07, 6.45) is 1.63. The molecule has 0 heterocycles. The van der Waals surface area contributed by atoms with Crippen molar-refractivity contribution in [3.63, 3.8) is 0 Å². The van der Waals surface area contributed by atoms with Crippen molar-refractivity contribution >= 4 is 28.0 Å². The number of hydrogen-bond acceptors (Lipinski definition) is 2. The second-order valence-electron chi connectivity index (χ2n) is 4.09. The molecule has 0 aliphatic heterocycles. The average molecular weight is 333 g/mol. The van der Waals surface area contributed by atoms with Crippen molar-refractivity contribution in [3.8, 4) is 11.5 Å². The van der Waals surface area contributed by atoms with E-state index in [9.17, 15) is 4.79 Å². The van der Waals surface area contributed by atoms with Gasteiger partial charge in [0.1, 0.15) is 11.5 Å². The average Bonchev–Trinajstić information content (AvgIpc) is 2.47. The van der Waals surface area contributed by atoms with Crippen LogP contribution < -0.4 is 4.74 Å². The van der Waals surface area contributed by atoms with Gasteiger partial charge in [-0.25, -0.2) is 4.79 Å². The molecule has 3 nitrogen and oxygen atoms in total. The zero-order chi connectivity index (χ0) is 14.4. The quantitative estimate of drug-likeness (QED) is 0.654. The van der Waals surface area contributed by atoms with E-state index < -0.39 is 5.97 Å². The number of halogens is 1. The van der Waals surface area contributed by atoms with Gasteiger partial charge in [0.25, 0.3) is 0 Å². The number of rotatable bonds is 5. The molecule has 0 bridgehead atoms. The normalized spacial score (nSPS) is 11.2. The zero-order valence-corrected chi connectivity index (χ0v) is 12.2. The van der Waals surface area contributed by atoms with E-state index in [1.165, 1.54) is 0 Å². The van der Waals surface area contributed by atoms with E-state index in [1.807, 2.05) is 54.6 Å². The molecule has 4 heteroatoms. The van der Waals surface area contributed by atoms with Gasteiger partial charge < -0.3 is 9.84 Å². The highest BCUT2D eigenvalue weighted by atomic mass is 79.9. The van der Waals surface area contributed by atoms with Crippen molar-refractivity contribution in [3.05, 3.63) is 65.7 Å². The van der Waals surface area contributed by atoms with E-state index in [1.54, 1.807) is 6.08 Å². The summed E-state index contributed by atoms with van der Waals surface area (Å²) in [4.78, 5) is 10.9. The lowest BCUT2D eigenvalue weighted by atomic mass is 10.1. The lowest BCUT2D eigenvalue weighted by Gasteiger charge is -2.05. The first-order chi connectivity index (χ1) is 9.69. The Morgan fingerprint density at radius 2 is 1.65 bits per heavy atom. The number of benzene rings is 2. The molecule has 0 spiro atoms. The maximum atomic E-state index is 10.9. The van der Waals surface area contributed by atoms with Crippen molar-refractivity contribution in [1.29, 1.82) is 0 Å². The van der Waals surface area contributed by atoms with Crippen LogP contribution in [0.4, 0.5) is 0 Å². The highest BCUT2D eigenvalue weighted by molar-refractivity contribution is 9.09. The van der Waals surface area contributed by atoms with Crippen molar-refractivity contribution in [2.75, 3.05) is 5.33 Å². The molecule has 0 saturated heterocycles. The lowest BCUT2D eigenvalue weighted by molar-refractivity contribution is -0.132. The smallest absolute Gasteiger partial charge is 0.332 e. The fraction of sp³-hybridized carbons (Fsp3) is 0.0625. The molecular formula is C16H13BrO3. The number of alkyl halides is 1. The standard InChI is InChI=1S/C16H13BrO3/c17-11-13(16(18)19)10-12-6-8-15(9-7-12)20-14-4-2-1-3-5-14/h1-10H,11H2,(H,18,19). The maximum absolute atomic E-state index is 10.9. The topological polar surface area (TPSA) is 46.5 Å². The van der Waals surface area contributed by atoms with Crippen LogP contribution >= 0.6 is 15.9 Å². The van der Waals surface area contributed by atoms with Gasteiger partial charge in [0, 0.05) is 10.9 Å². The molecule has 2 aromatic carbocycles. The van der Waals surface area contributed by atoms with E-state index in [2.05, 4.69) is 15.9 Å². The number of ether oxygens (including phenoxy) is 1. The van der Waals surface area contributed by atoms with Gasteiger partial charge in [-0.2, -0.15) is 0 Å². The minimum absolute atomic E-state index is 0.307. The third-order valence-corrected chi connectivity index (χ3v) is 3.22. The Morgan fingerprint density at radius 3 is 2.20 bits per heavy atom. The van der Waals surface area contributed by atoms with Gasteiger partial charge >= 0.3 is 5.97 Å². The van der Waals surface area contributed by atoms with Crippen LogP contribution in [-0.4, -0.2) is 16.4 Å². The highest BCUT2D eigenvalue weighted by Gasteiger charge is 2.05. The Labute approximate surface area is 125 Å². The van der Waals surface area contributed by atoms with Gasteiger partial charge in [0.2, 0.25) is 0 Å². The number of hydrogen-bond donors (Lipinski definition) is 1. The molecule has 0 saturated carbocycles. The minimum Gasteiger partial charge on any atom is -0.478 e. The van der Waals surface area contributed by atoms with E-state index in [0.29, 0.717) is 16.7 Å². The molecule has 0 aromatic heterocycles. The maximum Gasteiger partial charge on any atom is 0.332 e. The van der Waals surface area contributed by atoms with Gasteiger partial charge in [-0.3, -0.25) is 0 Å². The zero-order valence-electron chi connectivity index (χ0n) is 10.6. The van der Waals surface area contributed by atoms with Crippen molar-refractivity contribution in [2.45, 2.75) is 0 Å². The summed E-state index contributed by atoms with van der Waals surface area (Å²) < 4.78 is 5.67. The SMILES string of the molecule is O=C(O)C(=Cc1ccc(Oc2ccccc2)cc1)CBr. The van der Waals surface area contributed by atoms with Crippen LogP contribution in [0.25, 0.3) is 6.08 Å². The number of carboxylic acid groups (broad SMARTS) is 1. The molecule has 2 rings (SSSR count). The van der Waals surface area contributed by atoms with Gasteiger partial charge in [0.15, 0.2) is 0 Å². The van der Waals surface area contributed by atoms with Gasteiger partial charge in [-0.05, 0) is 35.9 Å². The second kappa shape index (κ2) is 6.91. The highest BCUT2D eigenvalue weighted by Crippen LogP contribution is 2.22. The van der Waals surface area contributed by atoms with Crippen molar-refractivity contribution < 1.29 is 14.6 Å². The fourth-order valence-electron chi connectivity index (χ4n) is 1.62. The first-order valence-corrected chi connectivity index (χ1v) is 7.14. The van der Waals surface area contributed by atoms with Crippen molar-refractivity contribution in [2.24, 2.45) is 0 Å². The molecule has 1 N–H and O–H groups in total. The van der Waals surface area contributed by atoms with Crippen molar-refractivity contribution in [1.82, 2.24) is 0 Å². The summed E-state index contributed by atoms with van der Waals surface area (Å²) in [6.45, 7) is 0. The third kappa shape index (κ3) is 3.96. The van der Waals surface area contributed by atoms with Gasteiger partial charge in [-0.15, -0.1) is 0 Å². The number of carbonyl (C=O) groups is 1. The molecule has 0 atom stereocenters. The lowest BCUT2D eigenvalue weighted by Crippen LogP contribution is -2.00. The molecule has 2 aromatic rings. The minimum atomic E-state index is -0.925. The summed E-state index contributed by atoms with van der Waals surface area (Å²) in [7, 11) is 0. The van der Waals surface area contributed by atoms with Gasteiger partial charge in [-0.1, -0.05) is 46.3 Å². The largest absolute Gasteiger partial charge is 0.478 e. The summed E-state index contributed by atoms with van der Waals surface area (Å²) in [5, 5.41) is 9.27. The molecule has 0 fully saturated rings. The second-order valence-corrected chi connectivity index (χ2v) is 4.65. The third-order valence-electron chi connectivity index (χ3n) is 2.62. The molecule has 0 aliphatic carbocycles. The van der Waals surface area contributed by atoms with Crippen LogP contribution in [-0.2, 0) is 4.79 Å². The van der Waals surface area contributed by atoms with Crippen LogP contribution in [0, 0.1) is 0 Å². The molecule has 0 aliphatic rings. The number of aliphatic carboxylic acids is 1. The fourth-order valence-corrected chi connectivity index (χ4v) is 2.02. The Balaban J connectivity index is 2.12. The van der Waals surface area contributed by atoms with E-state index >= 15 is 0 Å². The number of carboxylic acids is 1. The monoisotopic (exact) mass is 332 g/mol. The Morgan fingerprint density at radius 1 is 1.05 bits per heavy atom. The van der Waals surface area contributed by atoms with Crippen LogP contribution in [0.15, 0.2) is 60.2 Å². The summed E-state index contributed by atoms with van der Waals surface area (Å²) >= 11 is 3.16. The Kier molecular flexibility index (Phi) is 4.96. The van der Waals surface area contributed by atoms with E-state index in [0.717, 1.165) is 11.3 Å². The van der Waals surface area contributed by atoms with Crippen LogP contribution in [0.1, 0.15) is 5.56 Å². The summed E-state index contributed by atoms with van der Waals surface area (Å²) in [5.41, 5.74) is 1.13. The first-order valence-electron chi connectivity index (χ1n) is 6.02. The Bertz CT molecular complexity index is 603. The van der Waals surface area contributed by atoms with E-state index in [-0.39, 0.29) is 0 Å². The predicted octanol–water partition coefficient (Wildman–Crippen LogP) is 4.34.